The second-order valence-corrected chi connectivity index (χ2v) is 9.24. The summed E-state index contributed by atoms with van der Waals surface area (Å²) in [7, 11) is 0.389. The van der Waals surface area contributed by atoms with Gasteiger partial charge in [0.15, 0.2) is 9.84 Å². The number of rotatable bonds is 8. The molecule has 0 saturated heterocycles. The summed E-state index contributed by atoms with van der Waals surface area (Å²) >= 11 is 0. The minimum absolute atomic E-state index is 0.0159. The quantitative estimate of drug-likeness (QED) is 0.637. The fourth-order valence-electron chi connectivity index (χ4n) is 3.42. The van der Waals surface area contributed by atoms with E-state index in [0.29, 0.717) is 28.9 Å². The third-order valence-electron chi connectivity index (χ3n) is 5.12. The smallest absolute Gasteiger partial charge is 0.261 e. The second kappa shape index (κ2) is 8.24. The molecule has 2 aromatic rings. The number of hydrogen-bond donors (Lipinski definition) is 0. The lowest BCUT2D eigenvalue weighted by Crippen LogP contribution is -2.37. The number of carbonyl (C=O) groups is 2. The molecule has 1 heterocycles. The predicted molar refractivity (Wildman–Crippen MR) is 107 cm³/mol. The van der Waals surface area contributed by atoms with Gasteiger partial charge in [-0.3, -0.25) is 14.5 Å². The van der Waals surface area contributed by atoms with Gasteiger partial charge >= 0.3 is 0 Å². The Balaban J connectivity index is 1.63. The van der Waals surface area contributed by atoms with Gasteiger partial charge in [-0.25, -0.2) is 8.42 Å². The Labute approximate surface area is 165 Å². The molecule has 3 rings (SSSR count). The van der Waals surface area contributed by atoms with Crippen molar-refractivity contribution in [2.75, 3.05) is 26.4 Å². The molecule has 0 aliphatic carbocycles. The van der Waals surface area contributed by atoms with Crippen molar-refractivity contribution in [2.24, 2.45) is 0 Å². The number of sulfone groups is 1. The van der Waals surface area contributed by atoms with Gasteiger partial charge < -0.3 is 4.90 Å². The number of benzene rings is 2. The first-order chi connectivity index (χ1) is 13.3. The normalized spacial score (nSPS) is 15.2. The average Bonchev–Trinajstić information content (AvgIpc) is 2.93. The monoisotopic (exact) mass is 400 g/mol. The summed E-state index contributed by atoms with van der Waals surface area (Å²) in [6.07, 6.45) is 0.941. The van der Waals surface area contributed by atoms with E-state index in [1.807, 2.05) is 19.0 Å². The largest absolute Gasteiger partial charge is 0.306 e. The number of hydrogen-bond acceptors (Lipinski definition) is 5. The van der Waals surface area contributed by atoms with Crippen LogP contribution >= 0.6 is 0 Å². The molecule has 0 fully saturated rings. The molecule has 148 valence electrons. The minimum atomic E-state index is -3.37. The number of nitrogens with zero attached hydrogens (tertiary/aromatic N) is 2. The molecule has 7 heteroatoms. The first kappa shape index (κ1) is 20.2. The summed E-state index contributed by atoms with van der Waals surface area (Å²) < 4.78 is 25.1. The van der Waals surface area contributed by atoms with Crippen molar-refractivity contribution in [3.05, 3.63) is 65.7 Å². The van der Waals surface area contributed by atoms with Crippen LogP contribution in [0.2, 0.25) is 0 Å². The van der Waals surface area contributed by atoms with E-state index in [1.54, 1.807) is 54.6 Å². The maximum Gasteiger partial charge on any atom is 0.261 e. The Bertz CT molecular complexity index is 936. The number of fused-ring (bicyclic) bond motifs is 1. The number of carbonyl (C=O) groups excluding carboxylic acids is 2. The summed E-state index contributed by atoms with van der Waals surface area (Å²) in [4.78, 5) is 28.5. The maximum absolute atomic E-state index is 12.5. The van der Waals surface area contributed by atoms with Crippen LogP contribution in [-0.2, 0) is 9.84 Å². The zero-order valence-corrected chi connectivity index (χ0v) is 16.9. The first-order valence-corrected chi connectivity index (χ1v) is 10.9. The lowest BCUT2D eigenvalue weighted by atomic mass is 10.1. The van der Waals surface area contributed by atoms with Crippen LogP contribution in [0.1, 0.15) is 33.6 Å². The van der Waals surface area contributed by atoms with Crippen molar-refractivity contribution in [1.29, 1.82) is 0 Å². The van der Waals surface area contributed by atoms with E-state index in [0.717, 1.165) is 0 Å². The molecule has 2 aromatic carbocycles. The lowest BCUT2D eigenvalue weighted by Gasteiger charge is -2.26. The van der Waals surface area contributed by atoms with Crippen molar-refractivity contribution in [1.82, 2.24) is 9.80 Å². The van der Waals surface area contributed by atoms with E-state index in [-0.39, 0.29) is 30.2 Å². The van der Waals surface area contributed by atoms with Gasteiger partial charge in [-0.2, -0.15) is 0 Å². The van der Waals surface area contributed by atoms with Crippen molar-refractivity contribution in [3.8, 4) is 0 Å². The third kappa shape index (κ3) is 4.15. The summed E-state index contributed by atoms with van der Waals surface area (Å²) in [5, 5.41) is 0. The van der Waals surface area contributed by atoms with E-state index in [4.69, 9.17) is 0 Å². The van der Waals surface area contributed by atoms with E-state index in [1.165, 1.54) is 4.90 Å². The van der Waals surface area contributed by atoms with Crippen LogP contribution in [0.15, 0.2) is 59.5 Å². The van der Waals surface area contributed by atoms with Crippen LogP contribution in [0.3, 0.4) is 0 Å². The molecule has 1 aliphatic heterocycles. The molecule has 0 radical (unpaired) electrons. The fraction of sp³-hybridized carbons (Fsp3) is 0.333. The topological polar surface area (TPSA) is 74.8 Å². The maximum atomic E-state index is 12.5. The molecule has 0 unspecified atom stereocenters. The summed E-state index contributed by atoms with van der Waals surface area (Å²) in [5.41, 5.74) is 0.862. The Kier molecular flexibility index (Phi) is 5.96. The third-order valence-corrected chi connectivity index (χ3v) is 6.88. The van der Waals surface area contributed by atoms with Crippen molar-refractivity contribution >= 4 is 21.7 Å². The summed E-state index contributed by atoms with van der Waals surface area (Å²) in [6, 6.07) is 15.1. The van der Waals surface area contributed by atoms with Gasteiger partial charge in [0.25, 0.3) is 11.8 Å². The van der Waals surface area contributed by atoms with Gasteiger partial charge in [0.1, 0.15) is 0 Å². The number of amides is 2. The van der Waals surface area contributed by atoms with E-state index < -0.39 is 9.84 Å². The van der Waals surface area contributed by atoms with Gasteiger partial charge in [-0.1, -0.05) is 30.3 Å². The molecule has 2 amide bonds. The fourth-order valence-corrected chi connectivity index (χ4v) is 4.81. The second-order valence-electron chi connectivity index (χ2n) is 7.13. The molecule has 28 heavy (non-hydrogen) atoms. The molecule has 0 bridgehead atoms. The van der Waals surface area contributed by atoms with Gasteiger partial charge in [-0.15, -0.1) is 0 Å². The lowest BCUT2D eigenvalue weighted by molar-refractivity contribution is 0.0640. The van der Waals surface area contributed by atoms with Crippen molar-refractivity contribution in [3.63, 3.8) is 0 Å². The van der Waals surface area contributed by atoms with Crippen molar-refractivity contribution < 1.29 is 18.0 Å². The zero-order valence-electron chi connectivity index (χ0n) is 16.0. The van der Waals surface area contributed by atoms with E-state index in [2.05, 4.69) is 0 Å². The number of imide groups is 1. The summed E-state index contributed by atoms with van der Waals surface area (Å²) in [6.45, 7) is 0.264. The Morgan fingerprint density at radius 2 is 1.39 bits per heavy atom. The molecule has 0 aromatic heterocycles. The van der Waals surface area contributed by atoms with Gasteiger partial charge in [-0.05, 0) is 51.2 Å². The first-order valence-electron chi connectivity index (χ1n) is 9.20. The molecule has 1 atom stereocenters. The average molecular weight is 401 g/mol. The van der Waals surface area contributed by atoms with Crippen LogP contribution < -0.4 is 0 Å². The van der Waals surface area contributed by atoms with Crippen LogP contribution in [-0.4, -0.2) is 62.5 Å². The molecular formula is C21H24N2O4S. The molecule has 1 aliphatic rings. The highest BCUT2D eigenvalue weighted by atomic mass is 32.2. The van der Waals surface area contributed by atoms with Crippen LogP contribution in [0.5, 0.6) is 0 Å². The predicted octanol–water partition coefficient (Wildman–Crippen LogP) is 2.47. The van der Waals surface area contributed by atoms with Gasteiger partial charge in [0, 0.05) is 12.6 Å². The van der Waals surface area contributed by atoms with E-state index >= 15 is 0 Å². The van der Waals surface area contributed by atoms with Gasteiger partial charge in [0.05, 0.1) is 21.8 Å². The Morgan fingerprint density at radius 3 is 1.93 bits per heavy atom. The highest BCUT2D eigenvalue weighted by Gasteiger charge is 2.35. The molecular weight excluding hydrogens is 376 g/mol. The van der Waals surface area contributed by atoms with Crippen LogP contribution in [0.4, 0.5) is 0 Å². The molecule has 0 saturated carbocycles. The summed E-state index contributed by atoms with van der Waals surface area (Å²) in [5.74, 6) is -0.549. The van der Waals surface area contributed by atoms with E-state index in [9.17, 15) is 18.0 Å². The highest BCUT2D eigenvalue weighted by molar-refractivity contribution is 7.91. The standard InChI is InChI=1S/C21H24N2O4S/c1-22(2)16(13-15-28(26,27)17-8-4-3-5-9-17)12-14-23-20(24)18-10-6-7-11-19(18)21(23)25/h3-11,16H,12-15H2,1-2H3/t16-/m1/s1. The van der Waals surface area contributed by atoms with Gasteiger partial charge in [0.2, 0.25) is 0 Å². The zero-order chi connectivity index (χ0) is 20.3. The minimum Gasteiger partial charge on any atom is -0.306 e. The highest BCUT2D eigenvalue weighted by Crippen LogP contribution is 2.23. The molecule has 6 nitrogen and oxygen atoms in total. The molecule has 0 N–H and O–H groups in total. The van der Waals surface area contributed by atoms with Crippen molar-refractivity contribution in [2.45, 2.75) is 23.8 Å². The SMILES string of the molecule is CN(C)[C@H](CCN1C(=O)c2ccccc2C1=O)CCS(=O)(=O)c1ccccc1. The Morgan fingerprint density at radius 1 is 0.857 bits per heavy atom. The van der Waals surface area contributed by atoms with Crippen LogP contribution in [0.25, 0.3) is 0 Å². The van der Waals surface area contributed by atoms with Crippen LogP contribution in [0, 0.1) is 0 Å². The molecule has 0 spiro atoms. The Hall–Kier alpha value is -2.51.